The van der Waals surface area contributed by atoms with Gasteiger partial charge in [-0.25, -0.2) is 0 Å². The highest BCUT2D eigenvalue weighted by molar-refractivity contribution is 6.30. The molecule has 1 amide bonds. The van der Waals surface area contributed by atoms with Gasteiger partial charge in [0.2, 0.25) is 5.91 Å². The summed E-state index contributed by atoms with van der Waals surface area (Å²) < 4.78 is 0. The number of benzene rings is 2. The maximum Gasteiger partial charge on any atom is 0.238 e. The van der Waals surface area contributed by atoms with Gasteiger partial charge in [-0.1, -0.05) is 23.7 Å². The van der Waals surface area contributed by atoms with Crippen LogP contribution >= 0.6 is 11.6 Å². The number of amides is 1. The second-order valence-corrected chi connectivity index (χ2v) is 5.93. The maximum absolute atomic E-state index is 12.0. The van der Waals surface area contributed by atoms with Crippen molar-refractivity contribution in [2.75, 3.05) is 29.9 Å². The monoisotopic (exact) mass is 345 g/mol. The Morgan fingerprint density at radius 3 is 2.21 bits per heavy atom. The summed E-state index contributed by atoms with van der Waals surface area (Å²) in [6, 6.07) is 15.5. The standard InChI is InChI=1S/C19H24ClN3O/c1-3-23(4-2)18-11-9-17(10-12-18)22-19(24)14-21-13-15-5-7-16(20)8-6-15/h5-12,21H,3-4,13-14H2,1-2H3,(H,22,24). The van der Waals surface area contributed by atoms with Crippen molar-refractivity contribution in [1.82, 2.24) is 5.32 Å². The van der Waals surface area contributed by atoms with Gasteiger partial charge in [0.25, 0.3) is 0 Å². The van der Waals surface area contributed by atoms with Crippen molar-refractivity contribution in [2.24, 2.45) is 0 Å². The molecule has 0 aromatic heterocycles. The maximum atomic E-state index is 12.0. The van der Waals surface area contributed by atoms with E-state index in [-0.39, 0.29) is 12.5 Å². The Labute approximate surface area is 148 Å². The molecule has 5 heteroatoms. The van der Waals surface area contributed by atoms with Crippen LogP contribution in [0, 0.1) is 0 Å². The minimum absolute atomic E-state index is 0.0560. The van der Waals surface area contributed by atoms with Crippen LogP contribution in [0.5, 0.6) is 0 Å². The van der Waals surface area contributed by atoms with Crippen LogP contribution in [0.15, 0.2) is 48.5 Å². The Bertz CT molecular complexity index is 637. The van der Waals surface area contributed by atoms with E-state index in [2.05, 4.69) is 29.4 Å². The molecule has 0 aliphatic heterocycles. The predicted octanol–water partition coefficient (Wildman–Crippen LogP) is 3.91. The van der Waals surface area contributed by atoms with E-state index in [0.717, 1.165) is 24.3 Å². The molecule has 0 heterocycles. The third-order valence-corrected chi connectivity index (χ3v) is 4.06. The van der Waals surface area contributed by atoms with Crippen LogP contribution < -0.4 is 15.5 Å². The van der Waals surface area contributed by atoms with Crippen LogP contribution in [0.3, 0.4) is 0 Å². The summed E-state index contributed by atoms with van der Waals surface area (Å²) in [5, 5.41) is 6.74. The van der Waals surface area contributed by atoms with Crippen LogP contribution in [0.4, 0.5) is 11.4 Å². The van der Waals surface area contributed by atoms with Crippen LogP contribution in [0.25, 0.3) is 0 Å². The van der Waals surface area contributed by atoms with Crippen molar-refractivity contribution < 1.29 is 4.79 Å². The number of nitrogens with one attached hydrogen (secondary N) is 2. The minimum atomic E-state index is -0.0560. The summed E-state index contributed by atoms with van der Waals surface area (Å²) in [7, 11) is 0. The van der Waals surface area contributed by atoms with Gasteiger partial charge in [-0.3, -0.25) is 4.79 Å². The normalized spacial score (nSPS) is 10.5. The Balaban J connectivity index is 1.78. The lowest BCUT2D eigenvalue weighted by molar-refractivity contribution is -0.115. The summed E-state index contributed by atoms with van der Waals surface area (Å²) in [6.45, 7) is 7.09. The summed E-state index contributed by atoms with van der Waals surface area (Å²) in [5.41, 5.74) is 3.07. The molecule has 0 spiro atoms. The zero-order chi connectivity index (χ0) is 17.4. The van der Waals surface area contributed by atoms with Crippen molar-refractivity contribution in [3.63, 3.8) is 0 Å². The molecule has 0 unspecified atom stereocenters. The molecule has 24 heavy (non-hydrogen) atoms. The number of hydrogen-bond donors (Lipinski definition) is 2. The van der Waals surface area contributed by atoms with Gasteiger partial charge < -0.3 is 15.5 Å². The van der Waals surface area contributed by atoms with E-state index in [4.69, 9.17) is 11.6 Å². The molecule has 2 N–H and O–H groups in total. The predicted molar refractivity (Wildman–Crippen MR) is 102 cm³/mol. The van der Waals surface area contributed by atoms with Crippen molar-refractivity contribution in [1.29, 1.82) is 0 Å². The molecule has 0 aliphatic rings. The number of hydrogen-bond acceptors (Lipinski definition) is 3. The molecule has 0 aliphatic carbocycles. The molecule has 4 nitrogen and oxygen atoms in total. The van der Waals surface area contributed by atoms with Crippen LogP contribution in [0.1, 0.15) is 19.4 Å². The van der Waals surface area contributed by atoms with E-state index in [1.54, 1.807) is 0 Å². The molecule has 2 rings (SSSR count). The first-order valence-corrected chi connectivity index (χ1v) is 8.60. The number of carbonyl (C=O) groups excluding carboxylic acids is 1. The largest absolute Gasteiger partial charge is 0.372 e. The van der Waals surface area contributed by atoms with Gasteiger partial charge in [0.1, 0.15) is 0 Å². The second kappa shape index (κ2) is 9.30. The van der Waals surface area contributed by atoms with Crippen molar-refractivity contribution in [2.45, 2.75) is 20.4 Å². The zero-order valence-electron chi connectivity index (χ0n) is 14.2. The van der Waals surface area contributed by atoms with Crippen LogP contribution in [-0.4, -0.2) is 25.5 Å². The van der Waals surface area contributed by atoms with Gasteiger partial charge >= 0.3 is 0 Å². The third kappa shape index (κ3) is 5.55. The zero-order valence-corrected chi connectivity index (χ0v) is 14.9. The summed E-state index contributed by atoms with van der Waals surface area (Å²) in [4.78, 5) is 14.2. The molecule has 128 valence electrons. The molecular weight excluding hydrogens is 322 g/mol. The SMILES string of the molecule is CCN(CC)c1ccc(NC(=O)CNCc2ccc(Cl)cc2)cc1. The highest BCUT2D eigenvalue weighted by Crippen LogP contribution is 2.17. The third-order valence-electron chi connectivity index (χ3n) is 3.81. The smallest absolute Gasteiger partial charge is 0.238 e. The lowest BCUT2D eigenvalue weighted by Gasteiger charge is -2.21. The minimum Gasteiger partial charge on any atom is -0.372 e. The van der Waals surface area contributed by atoms with Crippen molar-refractivity contribution >= 4 is 28.9 Å². The van der Waals surface area contributed by atoms with Crippen LogP contribution in [-0.2, 0) is 11.3 Å². The van der Waals surface area contributed by atoms with E-state index >= 15 is 0 Å². The molecule has 0 saturated heterocycles. The molecule has 0 saturated carbocycles. The summed E-state index contributed by atoms with van der Waals surface area (Å²) in [6.07, 6.45) is 0. The topological polar surface area (TPSA) is 44.4 Å². The van der Waals surface area contributed by atoms with E-state index in [1.807, 2.05) is 48.5 Å². The van der Waals surface area contributed by atoms with Gasteiger partial charge in [-0.2, -0.15) is 0 Å². The van der Waals surface area contributed by atoms with E-state index in [0.29, 0.717) is 11.6 Å². The van der Waals surface area contributed by atoms with E-state index in [9.17, 15) is 4.79 Å². The molecule has 0 radical (unpaired) electrons. The first-order valence-electron chi connectivity index (χ1n) is 8.22. The number of halogens is 1. The molecule has 2 aromatic carbocycles. The lowest BCUT2D eigenvalue weighted by Crippen LogP contribution is -2.27. The quantitative estimate of drug-likeness (QED) is 0.762. The Kier molecular flexibility index (Phi) is 7.09. The van der Waals surface area contributed by atoms with Gasteiger partial charge in [-0.05, 0) is 55.8 Å². The average Bonchev–Trinajstić information content (AvgIpc) is 2.59. The fraction of sp³-hybridized carbons (Fsp3) is 0.316. The first kappa shape index (κ1) is 18.3. The van der Waals surface area contributed by atoms with Gasteiger partial charge in [-0.15, -0.1) is 0 Å². The van der Waals surface area contributed by atoms with Gasteiger partial charge in [0.15, 0.2) is 0 Å². The molecule has 2 aromatic rings. The highest BCUT2D eigenvalue weighted by atomic mass is 35.5. The number of carbonyl (C=O) groups is 1. The van der Waals surface area contributed by atoms with Crippen LogP contribution in [0.2, 0.25) is 5.02 Å². The van der Waals surface area contributed by atoms with Gasteiger partial charge in [0.05, 0.1) is 6.54 Å². The van der Waals surface area contributed by atoms with Crippen molar-refractivity contribution in [3.05, 3.63) is 59.1 Å². The fourth-order valence-electron chi connectivity index (χ4n) is 2.47. The highest BCUT2D eigenvalue weighted by Gasteiger charge is 2.04. The first-order chi connectivity index (χ1) is 11.6. The van der Waals surface area contributed by atoms with Crippen molar-refractivity contribution in [3.8, 4) is 0 Å². The Morgan fingerprint density at radius 2 is 1.62 bits per heavy atom. The Hall–Kier alpha value is -2.04. The number of nitrogens with zero attached hydrogens (tertiary/aromatic N) is 1. The molecule has 0 bridgehead atoms. The molecule has 0 fully saturated rings. The molecular formula is C19H24ClN3O. The Morgan fingerprint density at radius 1 is 1.00 bits per heavy atom. The lowest BCUT2D eigenvalue weighted by atomic mass is 10.2. The fourth-order valence-corrected chi connectivity index (χ4v) is 2.60. The number of anilines is 2. The summed E-state index contributed by atoms with van der Waals surface area (Å²) in [5.74, 6) is -0.0560. The van der Waals surface area contributed by atoms with E-state index in [1.165, 1.54) is 5.69 Å². The second-order valence-electron chi connectivity index (χ2n) is 5.50. The van der Waals surface area contributed by atoms with E-state index < -0.39 is 0 Å². The molecule has 0 atom stereocenters. The van der Waals surface area contributed by atoms with Gasteiger partial charge in [0, 0.05) is 36.0 Å². The number of rotatable bonds is 8. The summed E-state index contributed by atoms with van der Waals surface area (Å²) >= 11 is 5.85. The average molecular weight is 346 g/mol.